The minimum Gasteiger partial charge on any atom is -0.377 e. The first-order valence-corrected chi connectivity index (χ1v) is 12.7. The lowest BCUT2D eigenvalue weighted by Crippen LogP contribution is -2.43. The van der Waals surface area contributed by atoms with Gasteiger partial charge in [-0.25, -0.2) is 0 Å². The molecule has 35 heavy (non-hydrogen) atoms. The van der Waals surface area contributed by atoms with Crippen molar-refractivity contribution in [3.05, 3.63) is 94.6 Å². The van der Waals surface area contributed by atoms with Crippen LogP contribution in [0.2, 0.25) is 0 Å². The molecule has 2 N–H and O–H groups in total. The summed E-state index contributed by atoms with van der Waals surface area (Å²) in [6.45, 7) is 0.695. The number of hydrogen-bond donors (Lipinski definition) is 2. The number of allylic oxidation sites excluding steroid dienone is 3. The highest BCUT2D eigenvalue weighted by molar-refractivity contribution is 6.45. The van der Waals surface area contributed by atoms with Gasteiger partial charge in [0, 0.05) is 35.7 Å². The average molecular weight is 545 g/mol. The largest absolute Gasteiger partial charge is 0.377 e. The van der Waals surface area contributed by atoms with E-state index in [9.17, 15) is 0 Å². The number of nitrogens with one attached hydrogen (secondary N) is 2. The molecule has 2 aromatic heterocycles. The molecule has 4 aliphatic heterocycles. The van der Waals surface area contributed by atoms with Gasteiger partial charge in [-0.2, -0.15) is 0 Å². The Morgan fingerprint density at radius 2 is 1.74 bits per heavy atom. The number of aromatic amines is 2. The van der Waals surface area contributed by atoms with Crippen molar-refractivity contribution in [2.45, 2.75) is 20.2 Å². The van der Waals surface area contributed by atoms with Crippen LogP contribution < -0.4 is 10.7 Å². The van der Waals surface area contributed by atoms with Crippen molar-refractivity contribution < 1.29 is 0 Å². The third-order valence-electron chi connectivity index (χ3n) is 6.58. The summed E-state index contributed by atoms with van der Waals surface area (Å²) in [7, 11) is 2.00. The Kier molecular flexibility index (Phi) is 5.28. The van der Waals surface area contributed by atoms with Gasteiger partial charge in [-0.1, -0.05) is 29.3 Å². The third kappa shape index (κ3) is 3.68. The summed E-state index contributed by atoms with van der Waals surface area (Å²) >= 11 is 28.6. The maximum absolute atomic E-state index is 7.53. The lowest BCUT2D eigenvalue weighted by molar-refractivity contribution is 0.487. The molecule has 4 unspecified atom stereocenters. The smallest absolute Gasteiger partial charge is 0.181 e. The summed E-state index contributed by atoms with van der Waals surface area (Å²) in [6, 6.07) is 7.91. The fourth-order valence-corrected chi connectivity index (χ4v) is 5.94. The van der Waals surface area contributed by atoms with Gasteiger partial charge < -0.3 is 14.9 Å². The second-order valence-corrected chi connectivity index (χ2v) is 11.2. The Balaban J connectivity index is 1.59. The highest BCUT2D eigenvalue weighted by Gasteiger charge is 2.55. The van der Waals surface area contributed by atoms with Crippen LogP contribution in [-0.4, -0.2) is 55.3 Å². The number of aromatic nitrogens is 2. The Morgan fingerprint density at radius 3 is 2.51 bits per heavy atom. The van der Waals surface area contributed by atoms with Crippen LogP contribution in [0.15, 0.2) is 82.5 Å². The number of aliphatic imine (C=N–C) groups is 2. The van der Waals surface area contributed by atoms with Gasteiger partial charge in [0.15, 0.2) is 14.9 Å². The van der Waals surface area contributed by atoms with E-state index >= 15 is 0 Å². The van der Waals surface area contributed by atoms with Gasteiger partial charge in [0.1, 0.15) is 5.38 Å². The standard InChI is InChI=1S/C26H21Cl4N5/c1-35-12-8-16(9-13-35)26(30)22-5-4-19(32-22)14-17-2-3-18(31-17)15-20-6-10-24(28,33-20)23(27)21-7-11-25(26,29)34-21/h2-12,14-15,23,31-32H,13H2,1H3. The van der Waals surface area contributed by atoms with E-state index in [1.807, 2.05) is 61.8 Å². The van der Waals surface area contributed by atoms with Gasteiger partial charge in [-0.05, 0) is 78.6 Å². The van der Waals surface area contributed by atoms with Crippen LogP contribution in [0.25, 0.3) is 12.2 Å². The summed E-state index contributed by atoms with van der Waals surface area (Å²) in [5.74, 6) is 0. The highest BCUT2D eigenvalue weighted by Crippen LogP contribution is 2.53. The van der Waals surface area contributed by atoms with Crippen LogP contribution in [0.3, 0.4) is 0 Å². The van der Waals surface area contributed by atoms with Crippen LogP contribution in [0.5, 0.6) is 0 Å². The van der Waals surface area contributed by atoms with Crippen LogP contribution in [0.4, 0.5) is 0 Å². The molecule has 4 atom stereocenters. The predicted molar refractivity (Wildman–Crippen MR) is 146 cm³/mol. The topological polar surface area (TPSA) is 59.5 Å². The summed E-state index contributed by atoms with van der Waals surface area (Å²) < 4.78 is 0. The van der Waals surface area contributed by atoms with Crippen molar-refractivity contribution in [3.63, 3.8) is 0 Å². The number of nitrogens with zero attached hydrogens (tertiary/aromatic N) is 3. The van der Waals surface area contributed by atoms with E-state index in [-0.39, 0.29) is 0 Å². The van der Waals surface area contributed by atoms with E-state index in [0.29, 0.717) is 23.7 Å². The maximum atomic E-state index is 7.53. The zero-order valence-electron chi connectivity index (χ0n) is 18.6. The van der Waals surface area contributed by atoms with E-state index in [4.69, 9.17) is 51.4 Å². The van der Waals surface area contributed by atoms with Gasteiger partial charge in [-0.15, -0.1) is 23.2 Å². The lowest BCUT2D eigenvalue weighted by Gasteiger charge is -2.39. The minimum absolute atomic E-state index is 0.515. The minimum atomic E-state index is -1.35. The van der Waals surface area contributed by atoms with Crippen LogP contribution in [-0.2, 0) is 4.87 Å². The van der Waals surface area contributed by atoms with E-state index < -0.39 is 20.2 Å². The molecule has 8 bridgehead atoms. The van der Waals surface area contributed by atoms with Gasteiger partial charge in [0.25, 0.3) is 0 Å². The van der Waals surface area contributed by atoms with Crippen molar-refractivity contribution >= 4 is 70.0 Å². The number of hydrogen-bond acceptors (Lipinski definition) is 3. The number of alkyl halides is 4. The second-order valence-electron chi connectivity index (χ2n) is 9.06. The molecule has 0 saturated carbocycles. The van der Waals surface area contributed by atoms with Crippen LogP contribution >= 0.6 is 46.4 Å². The molecule has 0 amide bonds. The first-order valence-electron chi connectivity index (χ1n) is 11.1. The molecule has 178 valence electrons. The monoisotopic (exact) mass is 543 g/mol. The zero-order chi connectivity index (χ0) is 24.4. The summed E-state index contributed by atoms with van der Waals surface area (Å²) in [5.41, 5.74) is 3.65. The number of likely N-dealkylation sites (N-methyl/N-ethyl adjacent to an activating group) is 1. The van der Waals surface area contributed by atoms with Crippen molar-refractivity contribution in [2.75, 3.05) is 13.6 Å². The second kappa shape index (κ2) is 8.04. The van der Waals surface area contributed by atoms with Crippen LogP contribution in [0, 0.1) is 0 Å². The number of rotatable bonds is 1. The lowest BCUT2D eigenvalue weighted by atomic mass is 9.85. The SMILES string of the molecule is CN1C=CC(C2(Cl)c3ccc([nH]3)C=c3ccc([nH]3)=CC3=NC(Cl)(C=C3)C(Cl)C3=NC2(Cl)C=C3)=CC1. The van der Waals surface area contributed by atoms with Crippen molar-refractivity contribution in [1.82, 2.24) is 14.9 Å². The first-order chi connectivity index (χ1) is 16.7. The molecule has 6 heterocycles. The van der Waals surface area contributed by atoms with Gasteiger partial charge in [-0.3, -0.25) is 9.98 Å². The van der Waals surface area contributed by atoms with Crippen molar-refractivity contribution in [2.24, 2.45) is 9.98 Å². The molecule has 5 nitrogen and oxygen atoms in total. The normalized spacial score (nSPS) is 33.2. The van der Waals surface area contributed by atoms with Gasteiger partial charge in [0.05, 0.1) is 11.4 Å². The van der Waals surface area contributed by atoms with Crippen LogP contribution in [0.1, 0.15) is 11.4 Å². The fraction of sp³-hybridized carbons (Fsp3) is 0.231. The molecule has 0 saturated heterocycles. The number of H-pyrrole nitrogens is 2. The average Bonchev–Trinajstić information content (AvgIpc) is 3.62. The Hall–Kier alpha value is -2.44. The molecule has 6 rings (SSSR count). The molecule has 2 aromatic rings. The molecule has 0 aliphatic carbocycles. The Morgan fingerprint density at radius 1 is 0.943 bits per heavy atom. The van der Waals surface area contributed by atoms with Gasteiger partial charge >= 0.3 is 0 Å². The summed E-state index contributed by atoms with van der Waals surface area (Å²) in [6.07, 6.45) is 17.2. The molecule has 0 spiro atoms. The molecular weight excluding hydrogens is 524 g/mol. The summed E-state index contributed by atoms with van der Waals surface area (Å²) in [5, 5.41) is 1.06. The van der Waals surface area contributed by atoms with E-state index in [1.165, 1.54) is 0 Å². The molecule has 4 aliphatic rings. The Labute approximate surface area is 222 Å². The van der Waals surface area contributed by atoms with Gasteiger partial charge in [0.2, 0.25) is 0 Å². The third-order valence-corrected chi connectivity index (χ3v) is 8.98. The summed E-state index contributed by atoms with van der Waals surface area (Å²) in [4.78, 5) is 14.7. The molecule has 0 fully saturated rings. The predicted octanol–water partition coefficient (Wildman–Crippen LogP) is 4.28. The molecule has 0 aromatic carbocycles. The van der Waals surface area contributed by atoms with E-state index in [2.05, 4.69) is 25.9 Å². The van der Waals surface area contributed by atoms with Crippen molar-refractivity contribution in [3.8, 4) is 0 Å². The molecular formula is C26H21Cl4N5. The Bertz CT molecular complexity index is 1520. The quantitative estimate of drug-likeness (QED) is 0.408. The molecule has 9 heteroatoms. The first kappa shape index (κ1) is 23.0. The fourth-order valence-electron chi connectivity index (χ4n) is 4.70. The highest BCUT2D eigenvalue weighted by atomic mass is 35.5. The molecule has 0 radical (unpaired) electrons. The number of fused-ring (bicyclic) bond motifs is 6. The number of halogens is 4. The van der Waals surface area contributed by atoms with Crippen molar-refractivity contribution in [1.29, 1.82) is 0 Å². The van der Waals surface area contributed by atoms with E-state index in [1.54, 1.807) is 18.2 Å². The zero-order valence-corrected chi connectivity index (χ0v) is 21.7. The van der Waals surface area contributed by atoms with E-state index in [0.717, 1.165) is 22.0 Å². The maximum Gasteiger partial charge on any atom is 0.181 e.